The molecule has 1 rings (SSSR count). The number of rotatable bonds is 3. The lowest BCUT2D eigenvalue weighted by molar-refractivity contribution is 0.0798. The van der Waals surface area contributed by atoms with E-state index in [1.165, 1.54) is 0 Å². The fraction of sp³-hybridized carbons (Fsp3) is 0.333. The number of pyridine rings is 1. The second-order valence-corrected chi connectivity index (χ2v) is 3.11. The van der Waals surface area contributed by atoms with Crippen molar-refractivity contribution in [2.75, 3.05) is 19.3 Å². The number of aromatic nitrogens is 1. The molecule has 0 radical (unpaired) electrons. The highest BCUT2D eigenvalue weighted by Gasteiger charge is 2.10. The van der Waals surface area contributed by atoms with Gasteiger partial charge in [0.05, 0.1) is 0 Å². The van der Waals surface area contributed by atoms with Crippen LogP contribution in [-0.4, -0.2) is 35.1 Å². The molecule has 1 aromatic heterocycles. The van der Waals surface area contributed by atoms with Gasteiger partial charge in [0.1, 0.15) is 5.69 Å². The molecule has 1 amide bonds. The maximum Gasteiger partial charge on any atom is 0.272 e. The van der Waals surface area contributed by atoms with Crippen molar-refractivity contribution >= 4 is 18.5 Å². The van der Waals surface area contributed by atoms with Gasteiger partial charge in [-0.05, 0) is 12.1 Å². The summed E-state index contributed by atoms with van der Waals surface area (Å²) in [4.78, 5) is 17.1. The Morgan fingerprint density at radius 3 is 2.92 bits per heavy atom. The minimum atomic E-state index is -0.0605. The van der Waals surface area contributed by atoms with Gasteiger partial charge in [0.15, 0.2) is 0 Å². The van der Waals surface area contributed by atoms with Crippen molar-refractivity contribution in [3.8, 4) is 0 Å². The quantitative estimate of drug-likeness (QED) is 0.734. The summed E-state index contributed by atoms with van der Waals surface area (Å²) in [5, 5.41) is 0. The fourth-order valence-corrected chi connectivity index (χ4v) is 1.24. The van der Waals surface area contributed by atoms with Crippen LogP contribution in [0.1, 0.15) is 10.5 Å². The van der Waals surface area contributed by atoms with E-state index < -0.39 is 0 Å². The Morgan fingerprint density at radius 1 is 1.62 bits per heavy atom. The molecule has 3 nitrogen and oxygen atoms in total. The number of carbonyl (C=O) groups excluding carboxylic acids is 1. The Hall–Kier alpha value is -1.03. The second kappa shape index (κ2) is 4.87. The largest absolute Gasteiger partial charge is 0.340 e. The van der Waals surface area contributed by atoms with E-state index in [4.69, 9.17) is 0 Å². The van der Waals surface area contributed by atoms with E-state index in [0.29, 0.717) is 18.0 Å². The minimum Gasteiger partial charge on any atom is -0.340 e. The van der Waals surface area contributed by atoms with Crippen LogP contribution in [-0.2, 0) is 0 Å². The predicted molar refractivity (Wildman–Crippen MR) is 55.1 cm³/mol. The van der Waals surface area contributed by atoms with E-state index in [2.05, 4.69) is 17.6 Å². The summed E-state index contributed by atoms with van der Waals surface area (Å²) < 4.78 is 0. The molecular weight excluding hydrogens is 184 g/mol. The molecule has 4 heteroatoms. The molecule has 0 bridgehead atoms. The normalized spacial score (nSPS) is 9.69. The van der Waals surface area contributed by atoms with Crippen molar-refractivity contribution < 1.29 is 4.79 Å². The summed E-state index contributed by atoms with van der Waals surface area (Å²) in [7, 11) is 1.74. The van der Waals surface area contributed by atoms with Crippen LogP contribution in [0.2, 0.25) is 0 Å². The van der Waals surface area contributed by atoms with Crippen LogP contribution in [0.15, 0.2) is 24.4 Å². The molecule has 0 aromatic carbocycles. The molecule has 70 valence electrons. The van der Waals surface area contributed by atoms with Gasteiger partial charge >= 0.3 is 0 Å². The van der Waals surface area contributed by atoms with E-state index in [0.717, 1.165) is 0 Å². The highest BCUT2D eigenvalue weighted by atomic mass is 32.1. The van der Waals surface area contributed by atoms with Crippen molar-refractivity contribution in [1.29, 1.82) is 0 Å². The monoisotopic (exact) mass is 196 g/mol. The average Bonchev–Trinajstić information content (AvgIpc) is 2.18. The molecular formula is C9H12N2OS. The number of amides is 1. The first-order valence-electron chi connectivity index (χ1n) is 4.03. The average molecular weight is 196 g/mol. The molecule has 0 fully saturated rings. The van der Waals surface area contributed by atoms with Gasteiger partial charge < -0.3 is 4.90 Å². The van der Waals surface area contributed by atoms with E-state index in [9.17, 15) is 4.79 Å². The SMILES string of the molecule is CN(CCS)C(=O)c1ccccn1. The highest BCUT2D eigenvalue weighted by molar-refractivity contribution is 7.80. The van der Waals surface area contributed by atoms with Gasteiger partial charge in [0, 0.05) is 25.5 Å². The Bertz CT molecular complexity index is 276. The topological polar surface area (TPSA) is 33.2 Å². The van der Waals surface area contributed by atoms with Crippen molar-refractivity contribution in [3.63, 3.8) is 0 Å². The number of hydrogen-bond acceptors (Lipinski definition) is 3. The van der Waals surface area contributed by atoms with Gasteiger partial charge in [-0.2, -0.15) is 12.6 Å². The minimum absolute atomic E-state index is 0.0605. The summed E-state index contributed by atoms with van der Waals surface area (Å²) >= 11 is 4.05. The van der Waals surface area contributed by atoms with Crippen molar-refractivity contribution in [1.82, 2.24) is 9.88 Å². The van der Waals surface area contributed by atoms with E-state index >= 15 is 0 Å². The highest BCUT2D eigenvalue weighted by Crippen LogP contribution is 1.98. The van der Waals surface area contributed by atoms with Gasteiger partial charge in [-0.15, -0.1) is 0 Å². The number of thiol groups is 1. The summed E-state index contributed by atoms with van der Waals surface area (Å²) in [6.07, 6.45) is 1.61. The van der Waals surface area contributed by atoms with Gasteiger partial charge in [-0.1, -0.05) is 6.07 Å². The fourth-order valence-electron chi connectivity index (χ4n) is 0.936. The van der Waals surface area contributed by atoms with Gasteiger partial charge in [-0.3, -0.25) is 9.78 Å². The van der Waals surface area contributed by atoms with Crippen LogP contribution in [0.5, 0.6) is 0 Å². The van der Waals surface area contributed by atoms with Crippen LogP contribution in [0.25, 0.3) is 0 Å². The van der Waals surface area contributed by atoms with E-state index in [1.807, 2.05) is 0 Å². The second-order valence-electron chi connectivity index (χ2n) is 2.67. The summed E-state index contributed by atoms with van der Waals surface area (Å²) in [5.41, 5.74) is 0.479. The summed E-state index contributed by atoms with van der Waals surface area (Å²) in [6, 6.07) is 5.29. The van der Waals surface area contributed by atoms with Gasteiger partial charge in [-0.25, -0.2) is 0 Å². The Balaban J connectivity index is 2.68. The van der Waals surface area contributed by atoms with Crippen molar-refractivity contribution in [3.05, 3.63) is 30.1 Å². The third-order valence-electron chi connectivity index (χ3n) is 1.67. The predicted octanol–water partition coefficient (Wildman–Crippen LogP) is 1.08. The van der Waals surface area contributed by atoms with Crippen LogP contribution in [0, 0.1) is 0 Å². The smallest absolute Gasteiger partial charge is 0.272 e. The Morgan fingerprint density at radius 2 is 2.38 bits per heavy atom. The van der Waals surface area contributed by atoms with Crippen LogP contribution < -0.4 is 0 Å². The zero-order valence-electron chi connectivity index (χ0n) is 7.47. The first kappa shape index (κ1) is 10.1. The van der Waals surface area contributed by atoms with Crippen LogP contribution in [0.4, 0.5) is 0 Å². The van der Waals surface area contributed by atoms with Gasteiger partial charge in [0.2, 0.25) is 0 Å². The molecule has 1 heterocycles. The Kier molecular flexibility index (Phi) is 3.76. The van der Waals surface area contributed by atoms with Crippen molar-refractivity contribution in [2.24, 2.45) is 0 Å². The molecule has 0 aliphatic carbocycles. The van der Waals surface area contributed by atoms with Crippen molar-refractivity contribution in [2.45, 2.75) is 0 Å². The summed E-state index contributed by atoms with van der Waals surface area (Å²) in [5.74, 6) is 0.601. The lowest BCUT2D eigenvalue weighted by atomic mass is 10.3. The maximum atomic E-state index is 11.6. The van der Waals surface area contributed by atoms with E-state index in [-0.39, 0.29) is 5.91 Å². The standard InChI is InChI=1S/C9H12N2OS/c1-11(6-7-13)9(12)8-4-2-3-5-10-8/h2-5,13H,6-7H2,1H3. The lowest BCUT2D eigenvalue weighted by Gasteiger charge is -2.14. The van der Waals surface area contributed by atoms with Crippen LogP contribution >= 0.6 is 12.6 Å². The zero-order valence-corrected chi connectivity index (χ0v) is 8.37. The third kappa shape index (κ3) is 2.73. The maximum absolute atomic E-state index is 11.6. The van der Waals surface area contributed by atoms with Gasteiger partial charge in [0.25, 0.3) is 5.91 Å². The first-order valence-corrected chi connectivity index (χ1v) is 4.66. The number of carbonyl (C=O) groups is 1. The molecule has 0 saturated heterocycles. The molecule has 0 saturated carbocycles. The molecule has 0 aliphatic rings. The third-order valence-corrected chi connectivity index (χ3v) is 1.87. The summed E-state index contributed by atoms with van der Waals surface area (Å²) in [6.45, 7) is 0.637. The molecule has 13 heavy (non-hydrogen) atoms. The molecule has 0 aliphatic heterocycles. The molecule has 0 N–H and O–H groups in total. The lowest BCUT2D eigenvalue weighted by Crippen LogP contribution is -2.29. The number of hydrogen-bond donors (Lipinski definition) is 1. The molecule has 1 aromatic rings. The van der Waals surface area contributed by atoms with Crippen LogP contribution in [0.3, 0.4) is 0 Å². The Labute approximate surface area is 83.2 Å². The first-order chi connectivity index (χ1) is 6.25. The molecule has 0 atom stereocenters. The molecule has 0 unspecified atom stereocenters. The zero-order chi connectivity index (χ0) is 9.68. The number of nitrogens with zero attached hydrogens (tertiary/aromatic N) is 2. The molecule has 0 spiro atoms. The van der Waals surface area contributed by atoms with E-state index in [1.54, 1.807) is 36.3 Å².